The summed E-state index contributed by atoms with van der Waals surface area (Å²) in [5, 5.41) is 10.1. The zero-order valence-corrected chi connectivity index (χ0v) is 24.1. The molecular formula is C32H33N5O3S. The Hall–Kier alpha value is -3.85. The number of Topliss-reactive ketones (excluding diaryl/α,β-unsaturated/α-hetero) is 1. The lowest BCUT2D eigenvalue weighted by Crippen LogP contribution is -2.62. The highest BCUT2D eigenvalue weighted by molar-refractivity contribution is 8.02. The molecule has 2 atom stereocenters. The molecule has 3 heterocycles. The standard InChI is InChI=1S/C32H33N5O3S/c1-20(2)41-26-27(32(28(26)38)14-4-3-5-15-32)35-25(31(39)40)18-21-10-12-23(13-11-21)37-29(22-8-6-16-33-19-22)36-24-9-7-17-34-30(24)37/h6-13,16-17,19-20,25-26H,3-5,14-15,18H2,1-2H3,(H,39,40)/t25-,26?/m0/s1. The van der Waals surface area contributed by atoms with Crippen molar-refractivity contribution in [1.82, 2.24) is 19.5 Å². The maximum Gasteiger partial charge on any atom is 0.328 e. The van der Waals surface area contributed by atoms with E-state index in [-0.39, 0.29) is 22.7 Å². The highest BCUT2D eigenvalue weighted by atomic mass is 32.2. The number of ketones is 1. The molecule has 4 aromatic rings. The van der Waals surface area contributed by atoms with Crippen molar-refractivity contribution in [2.45, 2.75) is 68.9 Å². The molecular weight excluding hydrogens is 534 g/mol. The van der Waals surface area contributed by atoms with Crippen molar-refractivity contribution in [3.8, 4) is 17.1 Å². The number of carboxylic acid groups (broad SMARTS) is 1. The number of thioether (sulfide) groups is 1. The number of nitrogens with zero attached hydrogens (tertiary/aromatic N) is 5. The van der Waals surface area contributed by atoms with Crippen LogP contribution in [-0.2, 0) is 16.0 Å². The van der Waals surface area contributed by atoms with Crippen molar-refractivity contribution >= 4 is 40.4 Å². The summed E-state index contributed by atoms with van der Waals surface area (Å²) < 4.78 is 1.99. The summed E-state index contributed by atoms with van der Waals surface area (Å²) in [7, 11) is 0. The molecule has 2 aliphatic carbocycles. The van der Waals surface area contributed by atoms with Gasteiger partial charge in [0.2, 0.25) is 0 Å². The van der Waals surface area contributed by atoms with E-state index in [9.17, 15) is 14.7 Å². The number of hydrogen-bond donors (Lipinski definition) is 1. The number of aliphatic imine (C=N–C) groups is 1. The number of pyridine rings is 2. The first kappa shape index (κ1) is 27.3. The second kappa shape index (κ2) is 11.2. The minimum Gasteiger partial charge on any atom is -0.480 e. The SMILES string of the molecule is CC(C)SC1C(=O)C2(CCCCC2)C1=N[C@@H](Cc1ccc(-n2c(-c3cccnc3)nc3cccnc32)cc1)C(=O)O. The lowest BCUT2D eigenvalue weighted by atomic mass is 9.58. The van der Waals surface area contributed by atoms with E-state index in [0.29, 0.717) is 0 Å². The molecule has 1 N–H and O–H groups in total. The molecule has 8 nitrogen and oxygen atoms in total. The largest absolute Gasteiger partial charge is 0.480 e. The van der Waals surface area contributed by atoms with Crippen LogP contribution in [0.4, 0.5) is 0 Å². The van der Waals surface area contributed by atoms with Crippen LogP contribution in [-0.4, -0.2) is 58.6 Å². The fourth-order valence-corrected chi connectivity index (χ4v) is 7.44. The molecule has 6 rings (SSSR count). The van der Waals surface area contributed by atoms with Crippen LogP contribution in [0.1, 0.15) is 51.5 Å². The molecule has 0 radical (unpaired) electrons. The number of carbonyl (C=O) groups excluding carboxylic acids is 1. The van der Waals surface area contributed by atoms with Gasteiger partial charge in [-0.2, -0.15) is 0 Å². The van der Waals surface area contributed by atoms with E-state index >= 15 is 0 Å². The molecule has 2 saturated carbocycles. The quantitative estimate of drug-likeness (QED) is 0.280. The molecule has 210 valence electrons. The molecule has 1 aromatic carbocycles. The Morgan fingerprint density at radius 3 is 2.54 bits per heavy atom. The Morgan fingerprint density at radius 2 is 1.85 bits per heavy atom. The number of rotatable bonds is 8. The van der Waals surface area contributed by atoms with Crippen LogP contribution in [0.2, 0.25) is 0 Å². The lowest BCUT2D eigenvalue weighted by molar-refractivity contribution is -0.138. The Bertz CT molecular complexity index is 1610. The number of imidazole rings is 1. The van der Waals surface area contributed by atoms with E-state index in [4.69, 9.17) is 9.98 Å². The monoisotopic (exact) mass is 567 g/mol. The minimum absolute atomic E-state index is 0.244. The Labute approximate surface area is 243 Å². The van der Waals surface area contributed by atoms with Gasteiger partial charge in [0, 0.05) is 47.2 Å². The third-order valence-corrected chi connectivity index (χ3v) is 9.36. The van der Waals surface area contributed by atoms with Crippen molar-refractivity contribution < 1.29 is 14.7 Å². The predicted octanol–water partition coefficient (Wildman–Crippen LogP) is 5.96. The van der Waals surface area contributed by atoms with Gasteiger partial charge in [-0.25, -0.2) is 14.8 Å². The van der Waals surface area contributed by atoms with Crippen LogP contribution in [0.15, 0.2) is 72.1 Å². The van der Waals surface area contributed by atoms with Gasteiger partial charge < -0.3 is 5.11 Å². The molecule has 1 unspecified atom stereocenters. The van der Waals surface area contributed by atoms with Crippen molar-refractivity contribution in [2.24, 2.45) is 10.4 Å². The number of aliphatic carboxylic acids is 1. The van der Waals surface area contributed by atoms with Crippen molar-refractivity contribution in [3.05, 3.63) is 72.7 Å². The van der Waals surface area contributed by atoms with Gasteiger partial charge in [0.25, 0.3) is 0 Å². The lowest BCUT2D eigenvalue weighted by Gasteiger charge is -2.50. The number of benzene rings is 1. The maximum absolute atomic E-state index is 13.3. The molecule has 9 heteroatoms. The average Bonchev–Trinajstić information content (AvgIpc) is 3.39. The first-order chi connectivity index (χ1) is 19.9. The zero-order valence-electron chi connectivity index (χ0n) is 23.2. The molecule has 0 bridgehead atoms. The Balaban J connectivity index is 1.31. The summed E-state index contributed by atoms with van der Waals surface area (Å²) >= 11 is 1.59. The Kier molecular flexibility index (Phi) is 7.46. The molecule has 3 aromatic heterocycles. The summed E-state index contributed by atoms with van der Waals surface area (Å²) in [4.78, 5) is 44.2. The molecule has 1 spiro atoms. The van der Waals surface area contributed by atoms with E-state index < -0.39 is 17.4 Å². The molecule has 0 amide bonds. The van der Waals surface area contributed by atoms with E-state index in [2.05, 4.69) is 23.8 Å². The molecule has 2 aliphatic rings. The summed E-state index contributed by atoms with van der Waals surface area (Å²) in [6.45, 7) is 4.13. The molecule has 41 heavy (non-hydrogen) atoms. The Morgan fingerprint density at radius 1 is 1.10 bits per heavy atom. The van der Waals surface area contributed by atoms with Crippen LogP contribution in [0.5, 0.6) is 0 Å². The number of fused-ring (bicyclic) bond motifs is 1. The van der Waals surface area contributed by atoms with Gasteiger partial charge in [0.1, 0.15) is 16.6 Å². The van der Waals surface area contributed by atoms with Crippen molar-refractivity contribution in [2.75, 3.05) is 0 Å². The smallest absolute Gasteiger partial charge is 0.328 e. The van der Waals surface area contributed by atoms with Crippen molar-refractivity contribution in [1.29, 1.82) is 0 Å². The van der Waals surface area contributed by atoms with E-state index in [1.807, 2.05) is 53.1 Å². The average molecular weight is 568 g/mol. The van der Waals surface area contributed by atoms with Crippen LogP contribution >= 0.6 is 11.8 Å². The molecule has 0 saturated heterocycles. The first-order valence-electron chi connectivity index (χ1n) is 14.2. The van der Waals surface area contributed by atoms with Crippen LogP contribution < -0.4 is 0 Å². The van der Waals surface area contributed by atoms with Crippen LogP contribution in [0.3, 0.4) is 0 Å². The van der Waals surface area contributed by atoms with E-state index in [1.165, 1.54) is 0 Å². The molecule has 2 fully saturated rings. The van der Waals surface area contributed by atoms with E-state index in [1.54, 1.807) is 30.4 Å². The fraction of sp³-hybridized carbons (Fsp3) is 0.375. The number of carbonyl (C=O) groups is 2. The number of aromatic nitrogens is 4. The topological polar surface area (TPSA) is 110 Å². The summed E-state index contributed by atoms with van der Waals surface area (Å²) in [6.07, 6.45) is 10.2. The predicted molar refractivity (Wildman–Crippen MR) is 162 cm³/mol. The summed E-state index contributed by atoms with van der Waals surface area (Å²) in [5.74, 6) is 0.00747. The van der Waals surface area contributed by atoms with Gasteiger partial charge in [0.15, 0.2) is 17.5 Å². The van der Waals surface area contributed by atoms with Crippen LogP contribution in [0.25, 0.3) is 28.2 Å². The van der Waals surface area contributed by atoms with Gasteiger partial charge in [-0.15, -0.1) is 11.8 Å². The summed E-state index contributed by atoms with van der Waals surface area (Å²) in [5.41, 5.74) is 4.36. The highest BCUT2D eigenvalue weighted by Crippen LogP contribution is 2.51. The fourth-order valence-electron chi connectivity index (χ4n) is 6.13. The third kappa shape index (κ3) is 5.07. The van der Waals surface area contributed by atoms with Gasteiger partial charge >= 0.3 is 5.97 Å². The number of hydrogen-bond acceptors (Lipinski definition) is 7. The second-order valence-corrected chi connectivity index (χ2v) is 12.9. The van der Waals surface area contributed by atoms with Gasteiger partial charge in [-0.3, -0.25) is 19.3 Å². The van der Waals surface area contributed by atoms with Gasteiger partial charge in [-0.1, -0.05) is 45.2 Å². The maximum atomic E-state index is 13.3. The second-order valence-electron chi connectivity index (χ2n) is 11.2. The van der Waals surface area contributed by atoms with E-state index in [0.717, 1.165) is 71.6 Å². The number of carboxylic acids is 1. The zero-order chi connectivity index (χ0) is 28.6. The minimum atomic E-state index is -0.969. The molecule has 0 aliphatic heterocycles. The van der Waals surface area contributed by atoms with Gasteiger partial charge in [0.05, 0.1) is 5.41 Å². The highest BCUT2D eigenvalue weighted by Gasteiger charge is 2.59. The normalized spacial score (nSPS) is 20.0. The summed E-state index contributed by atoms with van der Waals surface area (Å²) in [6, 6.07) is 14.5. The van der Waals surface area contributed by atoms with Crippen LogP contribution in [0, 0.1) is 5.41 Å². The van der Waals surface area contributed by atoms with Crippen molar-refractivity contribution in [3.63, 3.8) is 0 Å². The first-order valence-corrected chi connectivity index (χ1v) is 15.2. The van der Waals surface area contributed by atoms with Gasteiger partial charge in [-0.05, 0) is 54.8 Å². The third-order valence-electron chi connectivity index (χ3n) is 8.10.